The standard InChI is InChI=1S/C15H22N2O4/c1-4-17(10-9-14(18)19)15(20)16-11(2)12-5-7-13(21-3)8-6-12/h5-8,11H,4,9-10H2,1-3H3,(H,16,20)(H,18,19). The Morgan fingerprint density at radius 3 is 2.43 bits per heavy atom. The average Bonchev–Trinajstić information content (AvgIpc) is 2.47. The third-order valence-electron chi connectivity index (χ3n) is 3.22. The third-order valence-corrected chi connectivity index (χ3v) is 3.22. The van der Waals surface area contributed by atoms with Gasteiger partial charge in [0.15, 0.2) is 0 Å². The number of benzene rings is 1. The molecule has 0 aliphatic rings. The lowest BCUT2D eigenvalue weighted by atomic mass is 10.1. The highest BCUT2D eigenvalue weighted by molar-refractivity contribution is 5.75. The number of nitrogens with one attached hydrogen (secondary N) is 1. The summed E-state index contributed by atoms with van der Waals surface area (Å²) >= 11 is 0. The van der Waals surface area contributed by atoms with Gasteiger partial charge in [0.05, 0.1) is 19.6 Å². The molecular weight excluding hydrogens is 272 g/mol. The molecule has 0 saturated carbocycles. The van der Waals surface area contributed by atoms with Crippen molar-refractivity contribution in [2.45, 2.75) is 26.3 Å². The van der Waals surface area contributed by atoms with E-state index in [-0.39, 0.29) is 25.0 Å². The van der Waals surface area contributed by atoms with Gasteiger partial charge in [-0.25, -0.2) is 4.79 Å². The Kier molecular flexibility index (Phi) is 6.52. The quantitative estimate of drug-likeness (QED) is 0.808. The lowest BCUT2D eigenvalue weighted by Crippen LogP contribution is -2.41. The van der Waals surface area contributed by atoms with Crippen LogP contribution in [0.1, 0.15) is 31.9 Å². The van der Waals surface area contributed by atoms with Gasteiger partial charge in [0.25, 0.3) is 0 Å². The number of urea groups is 1. The molecule has 0 spiro atoms. The summed E-state index contributed by atoms with van der Waals surface area (Å²) in [6.45, 7) is 4.37. The largest absolute Gasteiger partial charge is 0.497 e. The molecule has 1 aromatic rings. The van der Waals surface area contributed by atoms with Crippen molar-refractivity contribution < 1.29 is 19.4 Å². The third kappa shape index (κ3) is 5.33. The molecule has 0 bridgehead atoms. The maximum atomic E-state index is 12.1. The minimum absolute atomic E-state index is 0.0574. The first-order valence-corrected chi connectivity index (χ1v) is 6.89. The molecule has 0 fully saturated rings. The molecule has 2 N–H and O–H groups in total. The molecule has 1 unspecified atom stereocenters. The number of amides is 2. The van der Waals surface area contributed by atoms with E-state index in [1.54, 1.807) is 7.11 Å². The first-order valence-electron chi connectivity index (χ1n) is 6.89. The monoisotopic (exact) mass is 294 g/mol. The SMILES string of the molecule is CCN(CCC(=O)O)C(=O)NC(C)c1ccc(OC)cc1. The smallest absolute Gasteiger partial charge is 0.317 e. The van der Waals surface area contributed by atoms with Gasteiger partial charge >= 0.3 is 12.0 Å². The molecule has 0 heterocycles. The Balaban J connectivity index is 2.60. The summed E-state index contributed by atoms with van der Waals surface area (Å²) in [5.74, 6) is -0.154. The van der Waals surface area contributed by atoms with Crippen molar-refractivity contribution in [3.63, 3.8) is 0 Å². The summed E-state index contributed by atoms with van der Waals surface area (Å²) in [7, 11) is 1.60. The highest BCUT2D eigenvalue weighted by atomic mass is 16.5. The number of rotatable bonds is 7. The van der Waals surface area contributed by atoms with E-state index >= 15 is 0 Å². The topological polar surface area (TPSA) is 78.9 Å². The Morgan fingerprint density at radius 2 is 1.95 bits per heavy atom. The fraction of sp³-hybridized carbons (Fsp3) is 0.467. The van der Waals surface area contributed by atoms with Crippen molar-refractivity contribution >= 4 is 12.0 Å². The van der Waals surface area contributed by atoms with E-state index in [0.29, 0.717) is 6.54 Å². The van der Waals surface area contributed by atoms with Crippen molar-refractivity contribution in [2.24, 2.45) is 0 Å². The molecule has 0 aliphatic heterocycles. The molecule has 1 atom stereocenters. The second kappa shape index (κ2) is 8.14. The normalized spacial score (nSPS) is 11.6. The molecule has 1 rings (SSSR count). The number of hydrogen-bond donors (Lipinski definition) is 2. The number of methoxy groups -OCH3 is 1. The molecule has 1 aromatic carbocycles. The van der Waals surface area contributed by atoms with Crippen LogP contribution in [0.5, 0.6) is 5.75 Å². The molecule has 116 valence electrons. The Morgan fingerprint density at radius 1 is 1.33 bits per heavy atom. The minimum Gasteiger partial charge on any atom is -0.497 e. The maximum absolute atomic E-state index is 12.1. The first-order chi connectivity index (χ1) is 9.97. The van der Waals surface area contributed by atoms with Gasteiger partial charge in [0, 0.05) is 13.1 Å². The Labute approximate surface area is 124 Å². The number of ether oxygens (including phenoxy) is 1. The molecule has 6 nitrogen and oxygen atoms in total. The number of carboxylic acid groups (broad SMARTS) is 1. The van der Waals surface area contributed by atoms with E-state index in [4.69, 9.17) is 9.84 Å². The van der Waals surface area contributed by atoms with Gasteiger partial charge in [-0.15, -0.1) is 0 Å². The number of carbonyl (C=O) groups is 2. The van der Waals surface area contributed by atoms with Crippen LogP contribution in [0.3, 0.4) is 0 Å². The molecule has 0 saturated heterocycles. The summed E-state index contributed by atoms with van der Waals surface area (Å²) in [5, 5.41) is 11.5. The second-order valence-electron chi connectivity index (χ2n) is 4.67. The summed E-state index contributed by atoms with van der Waals surface area (Å²) in [6, 6.07) is 7.01. The van der Waals surface area contributed by atoms with Gasteiger partial charge in [0.1, 0.15) is 5.75 Å². The number of carboxylic acids is 1. The van der Waals surface area contributed by atoms with Crippen molar-refractivity contribution in [1.29, 1.82) is 0 Å². The fourth-order valence-electron chi connectivity index (χ4n) is 1.89. The van der Waals surface area contributed by atoms with Crippen LogP contribution in [-0.2, 0) is 4.79 Å². The lowest BCUT2D eigenvalue weighted by Gasteiger charge is -2.23. The van der Waals surface area contributed by atoms with Crippen LogP contribution >= 0.6 is 0 Å². The minimum atomic E-state index is -0.913. The van der Waals surface area contributed by atoms with Crippen LogP contribution in [0.25, 0.3) is 0 Å². The predicted molar refractivity (Wildman–Crippen MR) is 79.4 cm³/mol. The number of carbonyl (C=O) groups excluding carboxylic acids is 1. The zero-order valence-corrected chi connectivity index (χ0v) is 12.6. The molecule has 0 aliphatic carbocycles. The molecule has 21 heavy (non-hydrogen) atoms. The van der Waals surface area contributed by atoms with Gasteiger partial charge in [-0.1, -0.05) is 12.1 Å². The van der Waals surface area contributed by atoms with E-state index in [9.17, 15) is 9.59 Å². The average molecular weight is 294 g/mol. The van der Waals surface area contributed by atoms with Crippen molar-refractivity contribution in [3.05, 3.63) is 29.8 Å². The highest BCUT2D eigenvalue weighted by Crippen LogP contribution is 2.17. The van der Waals surface area contributed by atoms with E-state index in [0.717, 1.165) is 11.3 Å². The van der Waals surface area contributed by atoms with Gasteiger partial charge in [-0.2, -0.15) is 0 Å². The van der Waals surface area contributed by atoms with E-state index in [1.807, 2.05) is 38.1 Å². The number of nitrogens with zero attached hydrogens (tertiary/aromatic N) is 1. The summed E-state index contributed by atoms with van der Waals surface area (Å²) < 4.78 is 5.09. The Bertz CT molecular complexity index is 473. The van der Waals surface area contributed by atoms with Crippen LogP contribution in [-0.4, -0.2) is 42.2 Å². The van der Waals surface area contributed by atoms with Crippen LogP contribution in [0, 0.1) is 0 Å². The van der Waals surface area contributed by atoms with Crippen molar-refractivity contribution in [2.75, 3.05) is 20.2 Å². The lowest BCUT2D eigenvalue weighted by molar-refractivity contribution is -0.137. The molecular formula is C15H22N2O4. The number of hydrogen-bond acceptors (Lipinski definition) is 3. The Hall–Kier alpha value is -2.24. The summed E-state index contributed by atoms with van der Waals surface area (Å²) in [5.41, 5.74) is 0.957. The predicted octanol–water partition coefficient (Wildman–Crippen LogP) is 2.26. The van der Waals surface area contributed by atoms with Gasteiger partial charge in [0.2, 0.25) is 0 Å². The van der Waals surface area contributed by atoms with Crippen LogP contribution < -0.4 is 10.1 Å². The molecule has 2 amide bonds. The van der Waals surface area contributed by atoms with Gasteiger partial charge in [-0.3, -0.25) is 4.79 Å². The van der Waals surface area contributed by atoms with Crippen LogP contribution in [0.4, 0.5) is 4.79 Å². The van der Waals surface area contributed by atoms with E-state index in [2.05, 4.69) is 5.32 Å². The van der Waals surface area contributed by atoms with E-state index < -0.39 is 5.97 Å². The molecule has 0 radical (unpaired) electrons. The molecule has 6 heteroatoms. The van der Waals surface area contributed by atoms with E-state index in [1.165, 1.54) is 4.90 Å². The van der Waals surface area contributed by atoms with Gasteiger partial charge < -0.3 is 20.1 Å². The maximum Gasteiger partial charge on any atom is 0.317 e. The summed E-state index contributed by atoms with van der Waals surface area (Å²) in [6.07, 6.45) is -0.0574. The van der Waals surface area contributed by atoms with Crippen molar-refractivity contribution in [3.8, 4) is 5.75 Å². The highest BCUT2D eigenvalue weighted by Gasteiger charge is 2.16. The van der Waals surface area contributed by atoms with Crippen molar-refractivity contribution in [1.82, 2.24) is 10.2 Å². The number of aliphatic carboxylic acids is 1. The van der Waals surface area contributed by atoms with Crippen LogP contribution in [0.2, 0.25) is 0 Å². The van der Waals surface area contributed by atoms with Gasteiger partial charge in [-0.05, 0) is 31.5 Å². The molecule has 0 aromatic heterocycles. The fourth-order valence-corrected chi connectivity index (χ4v) is 1.89. The second-order valence-corrected chi connectivity index (χ2v) is 4.67. The first kappa shape index (κ1) is 16.8. The summed E-state index contributed by atoms with van der Waals surface area (Å²) in [4.78, 5) is 24.1. The zero-order chi connectivity index (χ0) is 15.8. The van der Waals surface area contributed by atoms with Crippen LogP contribution in [0.15, 0.2) is 24.3 Å². The zero-order valence-electron chi connectivity index (χ0n) is 12.6.